The molecule has 0 fully saturated rings. The van der Waals surface area contributed by atoms with Gasteiger partial charge in [-0.3, -0.25) is 4.68 Å². The van der Waals surface area contributed by atoms with Crippen molar-refractivity contribution >= 4 is 15.9 Å². The summed E-state index contributed by atoms with van der Waals surface area (Å²) in [5.74, 6) is -1.54. The van der Waals surface area contributed by atoms with E-state index in [1.165, 1.54) is 0 Å². The number of hydrogen-bond donors (Lipinski definition) is 1. The van der Waals surface area contributed by atoms with Crippen LogP contribution in [0, 0.1) is 11.6 Å². The number of hydrogen-bond acceptors (Lipinski definition) is 2. The Morgan fingerprint density at radius 2 is 1.95 bits per heavy atom. The number of nitrogens with zero attached hydrogens (tertiary/aromatic N) is 2. The van der Waals surface area contributed by atoms with Gasteiger partial charge in [-0.2, -0.15) is 5.10 Å². The zero-order valence-corrected chi connectivity index (χ0v) is 13.4. The fraction of sp³-hybridized carbons (Fsp3) is 0.400. The van der Waals surface area contributed by atoms with Gasteiger partial charge in [0, 0.05) is 23.1 Å². The molecule has 0 saturated heterocycles. The first kappa shape index (κ1) is 16.1. The number of rotatable bonds is 5. The Morgan fingerprint density at radius 1 is 1.33 bits per heavy atom. The van der Waals surface area contributed by atoms with Gasteiger partial charge in [-0.25, -0.2) is 8.78 Å². The highest BCUT2D eigenvalue weighted by Crippen LogP contribution is 2.27. The number of aromatic nitrogens is 2. The van der Waals surface area contributed by atoms with Crippen LogP contribution in [-0.4, -0.2) is 14.9 Å². The Balaban J connectivity index is 2.18. The fourth-order valence-corrected chi connectivity index (χ4v) is 2.49. The maximum atomic E-state index is 13.8. The minimum atomic E-state index is -1.27. The average Bonchev–Trinajstić information content (AvgIpc) is 2.85. The SMILES string of the molecule is CCC(C)n1ccc(CC(O)c2c(F)cc(Br)cc2F)n1. The van der Waals surface area contributed by atoms with Crippen LogP contribution in [0.4, 0.5) is 8.78 Å². The molecule has 0 aliphatic heterocycles. The van der Waals surface area contributed by atoms with Gasteiger partial charge in [0.25, 0.3) is 0 Å². The molecule has 21 heavy (non-hydrogen) atoms. The Kier molecular flexibility index (Phi) is 5.11. The number of aliphatic hydroxyl groups is 1. The zero-order chi connectivity index (χ0) is 15.6. The molecule has 0 aliphatic rings. The van der Waals surface area contributed by atoms with Crippen LogP contribution < -0.4 is 0 Å². The summed E-state index contributed by atoms with van der Waals surface area (Å²) < 4.78 is 29.7. The molecule has 0 aliphatic carbocycles. The van der Waals surface area contributed by atoms with Gasteiger partial charge in [0.05, 0.1) is 17.4 Å². The molecule has 1 aromatic carbocycles. The van der Waals surface area contributed by atoms with Crippen molar-refractivity contribution in [3.63, 3.8) is 0 Å². The minimum absolute atomic E-state index is 0.0684. The van der Waals surface area contributed by atoms with Gasteiger partial charge in [0.1, 0.15) is 11.6 Å². The second kappa shape index (κ2) is 6.66. The lowest BCUT2D eigenvalue weighted by molar-refractivity contribution is 0.166. The predicted molar refractivity (Wildman–Crippen MR) is 80.0 cm³/mol. The highest BCUT2D eigenvalue weighted by molar-refractivity contribution is 9.10. The van der Waals surface area contributed by atoms with Gasteiger partial charge < -0.3 is 5.11 Å². The van der Waals surface area contributed by atoms with Crippen molar-refractivity contribution in [2.24, 2.45) is 0 Å². The topological polar surface area (TPSA) is 38.0 Å². The molecule has 2 atom stereocenters. The van der Waals surface area contributed by atoms with E-state index in [0.29, 0.717) is 10.2 Å². The summed E-state index contributed by atoms with van der Waals surface area (Å²) in [5, 5.41) is 14.4. The third-order valence-corrected chi connectivity index (χ3v) is 3.94. The molecule has 114 valence electrons. The van der Waals surface area contributed by atoms with E-state index in [4.69, 9.17) is 0 Å². The molecule has 0 amide bonds. The van der Waals surface area contributed by atoms with Gasteiger partial charge in [-0.15, -0.1) is 0 Å². The monoisotopic (exact) mass is 358 g/mol. The summed E-state index contributed by atoms with van der Waals surface area (Å²) in [6, 6.07) is 4.28. The van der Waals surface area contributed by atoms with E-state index in [9.17, 15) is 13.9 Å². The molecule has 2 unspecified atom stereocenters. The van der Waals surface area contributed by atoms with E-state index in [-0.39, 0.29) is 18.0 Å². The molecule has 1 heterocycles. The van der Waals surface area contributed by atoms with Gasteiger partial charge in [-0.05, 0) is 31.5 Å². The quantitative estimate of drug-likeness (QED) is 0.870. The Bertz CT molecular complexity index is 607. The van der Waals surface area contributed by atoms with Crippen LogP contribution in [0.25, 0.3) is 0 Å². The first-order valence-electron chi connectivity index (χ1n) is 6.79. The maximum absolute atomic E-state index is 13.8. The molecule has 0 saturated carbocycles. The molecule has 1 N–H and O–H groups in total. The van der Waals surface area contributed by atoms with Crippen molar-refractivity contribution < 1.29 is 13.9 Å². The molecule has 0 radical (unpaired) electrons. The van der Waals surface area contributed by atoms with E-state index in [2.05, 4.69) is 21.0 Å². The van der Waals surface area contributed by atoms with Crippen LogP contribution in [0.3, 0.4) is 0 Å². The number of benzene rings is 1. The molecular weight excluding hydrogens is 342 g/mol. The van der Waals surface area contributed by atoms with Crippen LogP contribution in [-0.2, 0) is 6.42 Å². The van der Waals surface area contributed by atoms with Gasteiger partial charge in [0.2, 0.25) is 0 Å². The molecule has 2 rings (SSSR count). The van der Waals surface area contributed by atoms with E-state index >= 15 is 0 Å². The van der Waals surface area contributed by atoms with Gasteiger partial charge in [0.15, 0.2) is 0 Å². The lowest BCUT2D eigenvalue weighted by Crippen LogP contribution is -2.09. The molecule has 6 heteroatoms. The molecule has 0 bridgehead atoms. The summed E-state index contributed by atoms with van der Waals surface area (Å²) in [6.07, 6.45) is 1.54. The number of aliphatic hydroxyl groups excluding tert-OH is 1. The highest BCUT2D eigenvalue weighted by Gasteiger charge is 2.20. The van der Waals surface area contributed by atoms with Crippen molar-refractivity contribution in [1.82, 2.24) is 9.78 Å². The van der Waals surface area contributed by atoms with E-state index < -0.39 is 17.7 Å². The second-order valence-corrected chi connectivity index (χ2v) is 5.96. The first-order valence-corrected chi connectivity index (χ1v) is 7.58. The zero-order valence-electron chi connectivity index (χ0n) is 11.9. The normalized spacial score (nSPS) is 14.2. The van der Waals surface area contributed by atoms with Crippen LogP contribution in [0.2, 0.25) is 0 Å². The van der Waals surface area contributed by atoms with E-state index in [0.717, 1.165) is 18.6 Å². The molecular formula is C15H17BrF2N2O. The van der Waals surface area contributed by atoms with Crippen molar-refractivity contribution in [1.29, 1.82) is 0 Å². The summed E-state index contributed by atoms with van der Waals surface area (Å²) in [7, 11) is 0. The molecule has 0 spiro atoms. The van der Waals surface area contributed by atoms with E-state index in [1.807, 2.05) is 20.0 Å². The smallest absolute Gasteiger partial charge is 0.133 e. The van der Waals surface area contributed by atoms with Crippen molar-refractivity contribution in [3.05, 3.63) is 51.8 Å². The Morgan fingerprint density at radius 3 is 2.52 bits per heavy atom. The fourth-order valence-electron chi connectivity index (χ4n) is 2.09. The Hall–Kier alpha value is -1.27. The van der Waals surface area contributed by atoms with Crippen LogP contribution in [0.15, 0.2) is 28.9 Å². The summed E-state index contributed by atoms with van der Waals surface area (Å²) >= 11 is 3.01. The van der Waals surface area contributed by atoms with Crippen LogP contribution in [0.5, 0.6) is 0 Å². The van der Waals surface area contributed by atoms with Crippen molar-refractivity contribution in [3.8, 4) is 0 Å². The average molecular weight is 359 g/mol. The summed E-state index contributed by atoms with van der Waals surface area (Å²) in [5.41, 5.74) is 0.279. The third-order valence-electron chi connectivity index (χ3n) is 3.49. The van der Waals surface area contributed by atoms with E-state index in [1.54, 1.807) is 10.7 Å². The second-order valence-electron chi connectivity index (χ2n) is 5.05. The van der Waals surface area contributed by atoms with Crippen LogP contribution in [0.1, 0.15) is 43.7 Å². The lowest BCUT2D eigenvalue weighted by atomic mass is 10.0. The van der Waals surface area contributed by atoms with Crippen molar-refractivity contribution in [2.45, 2.75) is 38.8 Å². The number of halogens is 3. The molecule has 3 nitrogen and oxygen atoms in total. The minimum Gasteiger partial charge on any atom is -0.388 e. The van der Waals surface area contributed by atoms with Gasteiger partial charge in [-0.1, -0.05) is 22.9 Å². The van der Waals surface area contributed by atoms with Crippen LogP contribution >= 0.6 is 15.9 Å². The first-order chi connectivity index (χ1) is 9.92. The Labute approximate surface area is 130 Å². The molecule has 1 aromatic heterocycles. The summed E-state index contributed by atoms with van der Waals surface area (Å²) in [6.45, 7) is 4.08. The van der Waals surface area contributed by atoms with Gasteiger partial charge >= 0.3 is 0 Å². The van der Waals surface area contributed by atoms with Crippen molar-refractivity contribution in [2.75, 3.05) is 0 Å². The maximum Gasteiger partial charge on any atom is 0.133 e. The summed E-state index contributed by atoms with van der Waals surface area (Å²) in [4.78, 5) is 0. The highest BCUT2D eigenvalue weighted by atomic mass is 79.9. The largest absolute Gasteiger partial charge is 0.388 e. The standard InChI is InChI=1S/C15H17BrF2N2O/c1-3-9(2)20-5-4-11(19-20)8-14(21)15-12(17)6-10(16)7-13(15)18/h4-7,9,14,21H,3,8H2,1-2H3. The lowest BCUT2D eigenvalue weighted by Gasteiger charge is -2.12. The molecule has 2 aromatic rings. The third kappa shape index (κ3) is 3.68. The predicted octanol–water partition coefficient (Wildman–Crippen LogP) is 4.17.